The Kier molecular flexibility index (Phi) is 5.64. The van der Waals surface area contributed by atoms with Crippen LogP contribution in [0.1, 0.15) is 27.4 Å². The molecule has 0 saturated heterocycles. The Morgan fingerprint density at radius 2 is 1.73 bits per heavy atom. The predicted molar refractivity (Wildman–Crippen MR) is 99.9 cm³/mol. The molecule has 0 saturated carbocycles. The Morgan fingerprint density at radius 1 is 1.00 bits per heavy atom. The zero-order valence-electron chi connectivity index (χ0n) is 14.0. The molecule has 0 unspecified atom stereocenters. The Hall–Kier alpha value is -2.30. The topological polar surface area (TPSA) is 33.5 Å². The normalized spacial score (nSPS) is 10.8. The van der Waals surface area contributed by atoms with Crippen molar-refractivity contribution >= 4 is 29.1 Å². The number of furan rings is 1. The lowest BCUT2D eigenvalue weighted by atomic mass is 10.1. The van der Waals surface area contributed by atoms with Crippen molar-refractivity contribution in [3.05, 3.63) is 93.1 Å². The maximum Gasteiger partial charge on any atom is 0.254 e. The van der Waals surface area contributed by atoms with Crippen LogP contribution in [-0.4, -0.2) is 10.8 Å². The lowest BCUT2D eigenvalue weighted by molar-refractivity contribution is 0.0717. The van der Waals surface area contributed by atoms with Gasteiger partial charge in [0.1, 0.15) is 17.3 Å². The van der Waals surface area contributed by atoms with Crippen LogP contribution in [0.2, 0.25) is 10.0 Å². The molecule has 1 amide bonds. The van der Waals surface area contributed by atoms with Gasteiger partial charge in [0.15, 0.2) is 0 Å². The summed E-state index contributed by atoms with van der Waals surface area (Å²) in [4.78, 5) is 14.6. The molecule has 6 heteroatoms. The van der Waals surface area contributed by atoms with Crippen LogP contribution in [0.5, 0.6) is 0 Å². The van der Waals surface area contributed by atoms with Crippen LogP contribution >= 0.6 is 23.2 Å². The van der Waals surface area contributed by atoms with Crippen LogP contribution in [0.25, 0.3) is 0 Å². The van der Waals surface area contributed by atoms with E-state index in [2.05, 4.69) is 0 Å². The summed E-state index contributed by atoms with van der Waals surface area (Å²) in [6.07, 6.45) is 0. The number of hydrogen-bond acceptors (Lipinski definition) is 2. The fraction of sp³-hybridized carbons (Fsp3) is 0.150. The number of carbonyl (C=O) groups is 1. The van der Waals surface area contributed by atoms with E-state index in [0.717, 1.165) is 11.3 Å². The van der Waals surface area contributed by atoms with E-state index in [1.54, 1.807) is 29.2 Å². The van der Waals surface area contributed by atoms with Gasteiger partial charge in [0, 0.05) is 12.1 Å². The zero-order chi connectivity index (χ0) is 18.7. The van der Waals surface area contributed by atoms with Crippen LogP contribution < -0.4 is 0 Å². The average molecular weight is 392 g/mol. The summed E-state index contributed by atoms with van der Waals surface area (Å²) in [7, 11) is 0. The third kappa shape index (κ3) is 4.45. The van der Waals surface area contributed by atoms with Crippen LogP contribution in [0, 0.1) is 12.7 Å². The smallest absolute Gasteiger partial charge is 0.254 e. The quantitative estimate of drug-likeness (QED) is 0.544. The standard InChI is InChI=1S/C20H16Cl2FNO2/c1-13-2-8-17(26-13)12-24(11-14-3-6-16(23)7-4-14)20(25)15-5-9-18(21)19(22)10-15/h2-10H,11-12H2,1H3. The van der Waals surface area contributed by atoms with Gasteiger partial charge < -0.3 is 9.32 Å². The molecule has 0 radical (unpaired) electrons. The third-order valence-corrected chi connectivity index (χ3v) is 4.62. The highest BCUT2D eigenvalue weighted by Gasteiger charge is 2.19. The second-order valence-corrected chi connectivity index (χ2v) is 6.74. The van der Waals surface area contributed by atoms with Gasteiger partial charge >= 0.3 is 0 Å². The van der Waals surface area contributed by atoms with E-state index in [1.165, 1.54) is 18.2 Å². The molecule has 0 aliphatic carbocycles. The SMILES string of the molecule is Cc1ccc(CN(Cc2ccc(F)cc2)C(=O)c2ccc(Cl)c(Cl)c2)o1. The Labute approximate surface area is 160 Å². The minimum atomic E-state index is -0.322. The highest BCUT2D eigenvalue weighted by Crippen LogP contribution is 2.24. The van der Waals surface area contributed by atoms with Gasteiger partial charge in [-0.3, -0.25) is 4.79 Å². The molecule has 1 aromatic heterocycles. The molecular formula is C20H16Cl2FNO2. The third-order valence-electron chi connectivity index (χ3n) is 3.88. The van der Waals surface area contributed by atoms with E-state index >= 15 is 0 Å². The molecule has 0 aliphatic rings. The molecule has 2 aromatic carbocycles. The van der Waals surface area contributed by atoms with E-state index in [1.807, 2.05) is 19.1 Å². The van der Waals surface area contributed by atoms with Crippen molar-refractivity contribution in [1.82, 2.24) is 4.90 Å². The molecule has 26 heavy (non-hydrogen) atoms. The Balaban J connectivity index is 1.88. The van der Waals surface area contributed by atoms with Crippen LogP contribution in [0.3, 0.4) is 0 Å². The van der Waals surface area contributed by atoms with E-state index in [0.29, 0.717) is 27.9 Å². The van der Waals surface area contributed by atoms with Crippen molar-refractivity contribution in [2.24, 2.45) is 0 Å². The lowest BCUT2D eigenvalue weighted by Gasteiger charge is -2.22. The molecule has 0 N–H and O–H groups in total. The van der Waals surface area contributed by atoms with Gasteiger partial charge in [-0.05, 0) is 55.0 Å². The summed E-state index contributed by atoms with van der Waals surface area (Å²) in [6, 6.07) is 14.5. The number of nitrogens with zero attached hydrogens (tertiary/aromatic N) is 1. The summed E-state index contributed by atoms with van der Waals surface area (Å²) in [5.41, 5.74) is 1.23. The van der Waals surface area contributed by atoms with Crippen molar-refractivity contribution < 1.29 is 13.6 Å². The number of aryl methyl sites for hydroxylation is 1. The molecule has 1 heterocycles. The maximum absolute atomic E-state index is 13.2. The monoisotopic (exact) mass is 391 g/mol. The second kappa shape index (κ2) is 7.94. The van der Waals surface area contributed by atoms with Gasteiger partial charge in [-0.25, -0.2) is 4.39 Å². The molecule has 0 fully saturated rings. The minimum Gasteiger partial charge on any atom is -0.464 e. The molecule has 0 spiro atoms. The van der Waals surface area contributed by atoms with Gasteiger partial charge in [-0.2, -0.15) is 0 Å². The minimum absolute atomic E-state index is 0.220. The lowest BCUT2D eigenvalue weighted by Crippen LogP contribution is -2.30. The number of carbonyl (C=O) groups excluding carboxylic acids is 1. The van der Waals surface area contributed by atoms with Crippen molar-refractivity contribution in [2.75, 3.05) is 0 Å². The Bertz CT molecular complexity index is 922. The predicted octanol–water partition coefficient (Wildman–Crippen LogP) is 5.88. The summed E-state index contributed by atoms with van der Waals surface area (Å²) < 4.78 is 18.8. The fourth-order valence-electron chi connectivity index (χ4n) is 2.58. The highest BCUT2D eigenvalue weighted by atomic mass is 35.5. The molecule has 3 nitrogen and oxygen atoms in total. The first-order valence-corrected chi connectivity index (χ1v) is 8.72. The van der Waals surface area contributed by atoms with Crippen molar-refractivity contribution in [1.29, 1.82) is 0 Å². The van der Waals surface area contributed by atoms with Crippen LogP contribution in [0.15, 0.2) is 59.0 Å². The van der Waals surface area contributed by atoms with E-state index < -0.39 is 0 Å². The van der Waals surface area contributed by atoms with E-state index in [-0.39, 0.29) is 18.3 Å². The largest absolute Gasteiger partial charge is 0.464 e. The summed E-state index contributed by atoms with van der Waals surface area (Å²) >= 11 is 12.0. The van der Waals surface area contributed by atoms with E-state index in [9.17, 15) is 9.18 Å². The molecular weight excluding hydrogens is 376 g/mol. The van der Waals surface area contributed by atoms with Crippen LogP contribution in [-0.2, 0) is 13.1 Å². The summed E-state index contributed by atoms with van der Waals surface area (Å²) in [5.74, 6) is 0.890. The molecule has 0 atom stereocenters. The molecule has 0 bridgehead atoms. The molecule has 3 rings (SSSR count). The van der Waals surface area contributed by atoms with Gasteiger partial charge in [0.05, 0.1) is 16.6 Å². The number of benzene rings is 2. The molecule has 134 valence electrons. The summed E-state index contributed by atoms with van der Waals surface area (Å²) in [5, 5.41) is 0.697. The second-order valence-electron chi connectivity index (χ2n) is 5.93. The van der Waals surface area contributed by atoms with Crippen molar-refractivity contribution in [3.8, 4) is 0 Å². The molecule has 3 aromatic rings. The first-order chi connectivity index (χ1) is 12.4. The van der Waals surface area contributed by atoms with Crippen molar-refractivity contribution in [2.45, 2.75) is 20.0 Å². The van der Waals surface area contributed by atoms with Crippen molar-refractivity contribution in [3.63, 3.8) is 0 Å². The van der Waals surface area contributed by atoms with Crippen LogP contribution in [0.4, 0.5) is 4.39 Å². The number of amides is 1. The Morgan fingerprint density at radius 3 is 2.35 bits per heavy atom. The highest BCUT2D eigenvalue weighted by molar-refractivity contribution is 6.42. The van der Waals surface area contributed by atoms with Gasteiger partial charge in [0.25, 0.3) is 5.91 Å². The number of rotatable bonds is 5. The zero-order valence-corrected chi connectivity index (χ0v) is 15.5. The number of halogens is 3. The fourth-order valence-corrected chi connectivity index (χ4v) is 2.88. The van der Waals surface area contributed by atoms with E-state index in [4.69, 9.17) is 27.6 Å². The molecule has 0 aliphatic heterocycles. The average Bonchev–Trinajstić information content (AvgIpc) is 3.03. The van der Waals surface area contributed by atoms with Gasteiger partial charge in [0.2, 0.25) is 0 Å². The van der Waals surface area contributed by atoms with Gasteiger partial charge in [-0.15, -0.1) is 0 Å². The first-order valence-electron chi connectivity index (χ1n) is 7.96. The maximum atomic E-state index is 13.2. The number of hydrogen-bond donors (Lipinski definition) is 0. The first kappa shape index (κ1) is 18.5. The van der Waals surface area contributed by atoms with Gasteiger partial charge in [-0.1, -0.05) is 35.3 Å². The summed E-state index contributed by atoms with van der Waals surface area (Å²) in [6.45, 7) is 2.43.